The lowest BCUT2D eigenvalue weighted by atomic mass is 10.0. The third-order valence-corrected chi connectivity index (χ3v) is 4.48. The van der Waals surface area contributed by atoms with Crippen LogP contribution in [0.3, 0.4) is 0 Å². The topological polar surface area (TPSA) is 75.6 Å². The first kappa shape index (κ1) is 17.0. The number of fused-ring (bicyclic) bond motifs is 1. The van der Waals surface area contributed by atoms with Crippen LogP contribution in [0.1, 0.15) is 46.4 Å². The summed E-state index contributed by atoms with van der Waals surface area (Å²) < 4.78 is 5.12. The molecule has 0 saturated heterocycles. The zero-order chi connectivity index (χ0) is 17.8. The Kier molecular flexibility index (Phi) is 5.03. The summed E-state index contributed by atoms with van der Waals surface area (Å²) in [5.41, 5.74) is 4.15. The molecule has 0 fully saturated rings. The fraction of sp³-hybridized carbons (Fsp3) is 0.300. The molecule has 0 heterocycles. The van der Waals surface area contributed by atoms with Crippen LogP contribution in [0.2, 0.25) is 0 Å². The minimum absolute atomic E-state index is 0.0579. The minimum Gasteiger partial charge on any atom is -0.482 e. The van der Waals surface area contributed by atoms with Gasteiger partial charge in [-0.15, -0.1) is 0 Å². The number of aliphatic carboxylic acids is 1. The molecular formula is C20H21NO4. The number of ether oxygens (including phenoxy) is 1. The molecule has 3 rings (SSSR count). The highest BCUT2D eigenvalue weighted by Crippen LogP contribution is 2.26. The van der Waals surface area contributed by atoms with Gasteiger partial charge in [0.15, 0.2) is 6.61 Å². The number of carbonyl (C=O) groups is 2. The first-order valence-corrected chi connectivity index (χ1v) is 8.41. The fourth-order valence-corrected chi connectivity index (χ4v) is 3.19. The molecule has 1 aliphatic rings. The van der Waals surface area contributed by atoms with E-state index in [9.17, 15) is 9.59 Å². The molecule has 2 aromatic carbocycles. The second-order valence-electron chi connectivity index (χ2n) is 6.24. The average molecular weight is 339 g/mol. The minimum atomic E-state index is -1.01. The molecule has 0 saturated carbocycles. The Morgan fingerprint density at radius 3 is 2.64 bits per heavy atom. The van der Waals surface area contributed by atoms with Gasteiger partial charge in [-0.25, -0.2) is 4.79 Å². The van der Waals surface area contributed by atoms with Crippen LogP contribution in [-0.2, 0) is 17.6 Å². The summed E-state index contributed by atoms with van der Waals surface area (Å²) in [6.45, 7) is 1.55. The summed E-state index contributed by atoms with van der Waals surface area (Å²) in [6.07, 6.45) is 3.11. The molecule has 1 aliphatic carbocycles. The summed E-state index contributed by atoms with van der Waals surface area (Å²) in [5.74, 6) is -0.580. The van der Waals surface area contributed by atoms with Gasteiger partial charge in [0.1, 0.15) is 5.75 Å². The van der Waals surface area contributed by atoms with E-state index in [4.69, 9.17) is 9.84 Å². The molecule has 2 N–H and O–H groups in total. The van der Waals surface area contributed by atoms with Crippen LogP contribution < -0.4 is 10.1 Å². The molecule has 0 aromatic heterocycles. The summed E-state index contributed by atoms with van der Waals surface area (Å²) in [4.78, 5) is 23.1. The number of rotatable bonds is 6. The molecule has 25 heavy (non-hydrogen) atoms. The third kappa shape index (κ3) is 3.99. The van der Waals surface area contributed by atoms with E-state index < -0.39 is 5.97 Å². The Hall–Kier alpha value is -2.82. The molecule has 5 heteroatoms. The van der Waals surface area contributed by atoms with Gasteiger partial charge in [0.05, 0.1) is 6.04 Å². The Morgan fingerprint density at radius 1 is 1.16 bits per heavy atom. The molecular weight excluding hydrogens is 318 g/mol. The quantitative estimate of drug-likeness (QED) is 0.848. The van der Waals surface area contributed by atoms with Gasteiger partial charge >= 0.3 is 5.97 Å². The lowest BCUT2D eigenvalue weighted by Gasteiger charge is -2.16. The van der Waals surface area contributed by atoms with Crippen LogP contribution in [-0.4, -0.2) is 23.6 Å². The molecule has 0 radical (unpaired) electrons. The molecule has 0 bridgehead atoms. The molecule has 0 spiro atoms. The lowest BCUT2D eigenvalue weighted by Crippen LogP contribution is -2.27. The van der Waals surface area contributed by atoms with Gasteiger partial charge in [0.2, 0.25) is 0 Å². The summed E-state index contributed by atoms with van der Waals surface area (Å²) >= 11 is 0. The largest absolute Gasteiger partial charge is 0.482 e. The first-order valence-electron chi connectivity index (χ1n) is 8.41. The van der Waals surface area contributed by atoms with Crippen molar-refractivity contribution in [1.29, 1.82) is 0 Å². The van der Waals surface area contributed by atoms with Crippen molar-refractivity contribution < 1.29 is 19.4 Å². The number of hydrogen-bond acceptors (Lipinski definition) is 3. The van der Waals surface area contributed by atoms with Crippen LogP contribution in [0.25, 0.3) is 0 Å². The number of nitrogens with one attached hydrogen (secondary N) is 1. The average Bonchev–Trinajstić information content (AvgIpc) is 3.08. The van der Waals surface area contributed by atoms with E-state index in [1.807, 2.05) is 31.2 Å². The SMILES string of the molecule is CC(NC(=O)c1cccc2c1CCC2)c1ccc(OCC(=O)O)cc1. The lowest BCUT2D eigenvalue weighted by molar-refractivity contribution is -0.139. The zero-order valence-corrected chi connectivity index (χ0v) is 14.1. The Bertz CT molecular complexity index is 783. The highest BCUT2D eigenvalue weighted by molar-refractivity contribution is 5.96. The maximum atomic E-state index is 12.6. The van der Waals surface area contributed by atoms with Crippen molar-refractivity contribution in [3.63, 3.8) is 0 Å². The molecule has 130 valence electrons. The predicted octanol–water partition coefficient (Wildman–Crippen LogP) is 3.13. The van der Waals surface area contributed by atoms with Gasteiger partial charge < -0.3 is 15.2 Å². The highest BCUT2D eigenvalue weighted by atomic mass is 16.5. The van der Waals surface area contributed by atoms with Crippen LogP contribution in [0, 0.1) is 0 Å². The summed E-state index contributed by atoms with van der Waals surface area (Å²) in [7, 11) is 0. The number of carboxylic acid groups (broad SMARTS) is 1. The number of carbonyl (C=O) groups excluding carboxylic acids is 1. The van der Waals surface area contributed by atoms with Gasteiger partial charge in [-0.1, -0.05) is 24.3 Å². The molecule has 2 aromatic rings. The van der Waals surface area contributed by atoms with Gasteiger partial charge in [0.25, 0.3) is 5.91 Å². The predicted molar refractivity (Wildman–Crippen MR) is 93.9 cm³/mol. The second kappa shape index (κ2) is 7.38. The van der Waals surface area contributed by atoms with Crippen molar-refractivity contribution in [2.24, 2.45) is 0 Å². The van der Waals surface area contributed by atoms with E-state index in [-0.39, 0.29) is 18.6 Å². The molecule has 1 amide bonds. The number of aryl methyl sites for hydroxylation is 1. The maximum absolute atomic E-state index is 12.6. The monoisotopic (exact) mass is 339 g/mol. The van der Waals surface area contributed by atoms with Crippen LogP contribution >= 0.6 is 0 Å². The van der Waals surface area contributed by atoms with Gasteiger partial charge in [-0.2, -0.15) is 0 Å². The maximum Gasteiger partial charge on any atom is 0.341 e. The Labute approximate surface area is 146 Å². The number of hydrogen-bond donors (Lipinski definition) is 2. The van der Waals surface area contributed by atoms with Gasteiger partial charge in [0, 0.05) is 5.56 Å². The summed E-state index contributed by atoms with van der Waals surface area (Å²) in [6, 6.07) is 12.8. The van der Waals surface area contributed by atoms with E-state index in [0.29, 0.717) is 5.75 Å². The van der Waals surface area contributed by atoms with E-state index in [2.05, 4.69) is 11.4 Å². The molecule has 5 nitrogen and oxygen atoms in total. The smallest absolute Gasteiger partial charge is 0.341 e. The number of amides is 1. The van der Waals surface area contributed by atoms with Crippen molar-refractivity contribution in [2.45, 2.75) is 32.2 Å². The fourth-order valence-electron chi connectivity index (χ4n) is 3.19. The molecule has 1 atom stereocenters. The number of benzene rings is 2. The van der Waals surface area contributed by atoms with E-state index in [0.717, 1.165) is 30.4 Å². The van der Waals surface area contributed by atoms with E-state index >= 15 is 0 Å². The number of carboxylic acids is 1. The first-order chi connectivity index (χ1) is 12.0. The van der Waals surface area contributed by atoms with Crippen molar-refractivity contribution in [1.82, 2.24) is 5.32 Å². The van der Waals surface area contributed by atoms with Crippen molar-refractivity contribution in [3.8, 4) is 5.75 Å². The van der Waals surface area contributed by atoms with Crippen LogP contribution in [0.5, 0.6) is 5.75 Å². The normalized spacial score (nSPS) is 13.8. The van der Waals surface area contributed by atoms with Crippen molar-refractivity contribution in [2.75, 3.05) is 6.61 Å². The standard InChI is InChI=1S/C20H21NO4/c1-13(14-8-10-16(11-9-14)25-12-19(22)23)21-20(24)18-7-3-5-15-4-2-6-17(15)18/h3,5,7-11,13H,2,4,6,12H2,1H3,(H,21,24)(H,22,23). The second-order valence-corrected chi connectivity index (χ2v) is 6.24. The van der Waals surface area contributed by atoms with E-state index in [1.165, 1.54) is 11.1 Å². The highest BCUT2D eigenvalue weighted by Gasteiger charge is 2.20. The van der Waals surface area contributed by atoms with Gasteiger partial charge in [-0.05, 0) is 61.1 Å². The summed E-state index contributed by atoms with van der Waals surface area (Å²) in [5, 5.41) is 11.7. The van der Waals surface area contributed by atoms with Crippen LogP contribution in [0.4, 0.5) is 0 Å². The van der Waals surface area contributed by atoms with Crippen molar-refractivity contribution >= 4 is 11.9 Å². The Balaban J connectivity index is 1.66. The van der Waals surface area contributed by atoms with Crippen molar-refractivity contribution in [3.05, 3.63) is 64.7 Å². The van der Waals surface area contributed by atoms with E-state index in [1.54, 1.807) is 12.1 Å². The molecule has 1 unspecified atom stereocenters. The third-order valence-electron chi connectivity index (χ3n) is 4.48. The Morgan fingerprint density at radius 2 is 1.92 bits per heavy atom. The van der Waals surface area contributed by atoms with Gasteiger partial charge in [-0.3, -0.25) is 4.79 Å². The molecule has 0 aliphatic heterocycles. The zero-order valence-electron chi connectivity index (χ0n) is 14.1. The van der Waals surface area contributed by atoms with Crippen LogP contribution in [0.15, 0.2) is 42.5 Å².